The van der Waals surface area contributed by atoms with Gasteiger partial charge in [-0.15, -0.1) is 11.8 Å². The third-order valence-corrected chi connectivity index (χ3v) is 3.75. The lowest BCUT2D eigenvalue weighted by Gasteiger charge is -2.23. The Bertz CT molecular complexity index is 282. The molecule has 14 heavy (non-hydrogen) atoms. The van der Waals surface area contributed by atoms with E-state index in [1.165, 1.54) is 4.90 Å². The van der Waals surface area contributed by atoms with Crippen molar-refractivity contribution >= 4 is 27.7 Å². The molecule has 0 aromatic heterocycles. The summed E-state index contributed by atoms with van der Waals surface area (Å²) < 4.78 is 1.35. The molecule has 0 fully saturated rings. The van der Waals surface area contributed by atoms with Crippen LogP contribution in [0.15, 0.2) is 33.6 Å². The summed E-state index contributed by atoms with van der Waals surface area (Å²) in [5, 5.41) is 0. The summed E-state index contributed by atoms with van der Waals surface area (Å²) in [6.45, 7) is 5.20. The molecule has 2 N–H and O–H groups in total. The zero-order chi connectivity index (χ0) is 10.6. The average Bonchev–Trinajstić information content (AvgIpc) is 2.08. The van der Waals surface area contributed by atoms with E-state index in [1.54, 1.807) is 0 Å². The number of benzene rings is 1. The first kappa shape index (κ1) is 12.1. The summed E-state index contributed by atoms with van der Waals surface area (Å²) in [6.07, 6.45) is 1.04. The smallest absolute Gasteiger partial charge is 0.0176 e. The van der Waals surface area contributed by atoms with Gasteiger partial charge in [-0.2, -0.15) is 0 Å². The molecule has 0 bridgehead atoms. The number of hydrogen-bond donors (Lipinski definition) is 1. The van der Waals surface area contributed by atoms with E-state index in [4.69, 9.17) is 5.73 Å². The molecule has 0 saturated heterocycles. The van der Waals surface area contributed by atoms with Gasteiger partial charge in [0, 0.05) is 14.1 Å². The van der Waals surface area contributed by atoms with E-state index in [1.807, 2.05) is 11.8 Å². The van der Waals surface area contributed by atoms with Gasteiger partial charge in [-0.1, -0.05) is 29.8 Å². The van der Waals surface area contributed by atoms with Crippen molar-refractivity contribution in [3.63, 3.8) is 0 Å². The fraction of sp³-hybridized carbons (Fsp3) is 0.455. The van der Waals surface area contributed by atoms with Crippen molar-refractivity contribution in [3.8, 4) is 0 Å². The highest BCUT2D eigenvalue weighted by Crippen LogP contribution is 2.34. The first-order valence-corrected chi connectivity index (χ1v) is 6.29. The summed E-state index contributed by atoms with van der Waals surface area (Å²) in [5.74, 6) is 0. The van der Waals surface area contributed by atoms with Crippen molar-refractivity contribution in [1.82, 2.24) is 0 Å². The van der Waals surface area contributed by atoms with Crippen LogP contribution in [0.4, 0.5) is 0 Å². The van der Waals surface area contributed by atoms with E-state index in [-0.39, 0.29) is 4.75 Å². The van der Waals surface area contributed by atoms with Gasteiger partial charge in [0.2, 0.25) is 0 Å². The number of rotatable bonds is 4. The zero-order valence-corrected chi connectivity index (χ0v) is 11.0. The van der Waals surface area contributed by atoms with Crippen molar-refractivity contribution < 1.29 is 0 Å². The molecule has 1 nitrogen and oxygen atoms in total. The molecule has 0 atom stereocenters. The largest absolute Gasteiger partial charge is 0.330 e. The fourth-order valence-corrected chi connectivity index (χ4v) is 2.61. The second-order valence-corrected chi connectivity index (χ2v) is 6.55. The second kappa shape index (κ2) is 5.19. The molecule has 1 rings (SSSR count). The van der Waals surface area contributed by atoms with Gasteiger partial charge in [0.1, 0.15) is 0 Å². The summed E-state index contributed by atoms with van der Waals surface area (Å²) in [6, 6.07) is 8.40. The van der Waals surface area contributed by atoms with Crippen LogP contribution in [0, 0.1) is 0 Å². The summed E-state index contributed by atoms with van der Waals surface area (Å²) in [7, 11) is 0. The normalized spacial score (nSPS) is 11.7. The van der Waals surface area contributed by atoms with Crippen LogP contribution in [0.25, 0.3) is 0 Å². The Hall–Kier alpha value is 0.01000. The highest BCUT2D eigenvalue weighted by molar-refractivity contribution is 9.10. The van der Waals surface area contributed by atoms with Crippen LogP contribution < -0.4 is 5.73 Å². The monoisotopic (exact) mass is 273 g/mol. The third kappa shape index (κ3) is 4.03. The Morgan fingerprint density at radius 3 is 2.36 bits per heavy atom. The van der Waals surface area contributed by atoms with E-state index in [2.05, 4.69) is 54.0 Å². The minimum atomic E-state index is 0.225. The maximum atomic E-state index is 5.57. The first-order chi connectivity index (χ1) is 6.53. The Kier molecular flexibility index (Phi) is 4.48. The van der Waals surface area contributed by atoms with Gasteiger partial charge in [-0.25, -0.2) is 0 Å². The third-order valence-electron chi connectivity index (χ3n) is 1.95. The molecule has 1 aromatic rings. The van der Waals surface area contributed by atoms with Gasteiger partial charge in [0.15, 0.2) is 0 Å². The topological polar surface area (TPSA) is 26.0 Å². The molecule has 3 heteroatoms. The van der Waals surface area contributed by atoms with Gasteiger partial charge in [0.25, 0.3) is 0 Å². The van der Waals surface area contributed by atoms with Crippen LogP contribution in [0.2, 0.25) is 0 Å². The lowest BCUT2D eigenvalue weighted by Crippen LogP contribution is -2.19. The number of hydrogen-bond acceptors (Lipinski definition) is 2. The lowest BCUT2D eigenvalue weighted by atomic mass is 10.1. The van der Waals surface area contributed by atoms with Crippen molar-refractivity contribution in [2.24, 2.45) is 5.73 Å². The van der Waals surface area contributed by atoms with Gasteiger partial charge in [0.05, 0.1) is 0 Å². The van der Waals surface area contributed by atoms with Crippen molar-refractivity contribution in [1.29, 1.82) is 0 Å². The Balaban J connectivity index is 2.64. The molecule has 0 spiro atoms. The molecule has 0 aliphatic rings. The van der Waals surface area contributed by atoms with Gasteiger partial charge in [-0.3, -0.25) is 0 Å². The predicted octanol–water partition coefficient (Wildman–Crippen LogP) is 3.67. The maximum absolute atomic E-state index is 5.57. The van der Waals surface area contributed by atoms with E-state index in [0.29, 0.717) is 0 Å². The summed E-state index contributed by atoms with van der Waals surface area (Å²) in [5.41, 5.74) is 5.57. The van der Waals surface area contributed by atoms with Gasteiger partial charge in [-0.05, 0) is 37.2 Å². The van der Waals surface area contributed by atoms with E-state index < -0.39 is 0 Å². The highest BCUT2D eigenvalue weighted by Gasteiger charge is 2.17. The molecule has 0 saturated carbocycles. The van der Waals surface area contributed by atoms with Crippen molar-refractivity contribution in [3.05, 3.63) is 28.7 Å². The molecule has 78 valence electrons. The maximum Gasteiger partial charge on any atom is 0.0176 e. The lowest BCUT2D eigenvalue weighted by molar-refractivity contribution is 0.649. The minimum Gasteiger partial charge on any atom is -0.330 e. The van der Waals surface area contributed by atoms with Gasteiger partial charge >= 0.3 is 0 Å². The van der Waals surface area contributed by atoms with Gasteiger partial charge < -0.3 is 5.73 Å². The van der Waals surface area contributed by atoms with Crippen molar-refractivity contribution in [2.45, 2.75) is 29.9 Å². The molecule has 0 aliphatic carbocycles. The molecule has 1 aromatic carbocycles. The quantitative estimate of drug-likeness (QED) is 0.848. The molecule has 0 amide bonds. The zero-order valence-electron chi connectivity index (χ0n) is 8.59. The predicted molar refractivity (Wildman–Crippen MR) is 67.7 cm³/mol. The van der Waals surface area contributed by atoms with Crippen LogP contribution in [-0.4, -0.2) is 11.3 Å². The molecule has 0 unspecified atom stereocenters. The molecular weight excluding hydrogens is 258 g/mol. The molecule has 0 aliphatic heterocycles. The summed E-state index contributed by atoms with van der Waals surface area (Å²) >= 11 is 5.30. The van der Waals surface area contributed by atoms with Crippen molar-refractivity contribution in [2.75, 3.05) is 6.54 Å². The molecule has 0 heterocycles. The van der Waals surface area contributed by atoms with Crippen LogP contribution >= 0.6 is 27.7 Å². The molecule has 0 radical (unpaired) electrons. The average molecular weight is 274 g/mol. The first-order valence-electron chi connectivity index (χ1n) is 4.68. The van der Waals surface area contributed by atoms with Crippen LogP contribution in [-0.2, 0) is 0 Å². The Labute approximate surface area is 98.6 Å². The standard InChI is InChI=1S/C11H16BrNS/c1-11(2,7-8-13)14-10-5-3-9(12)4-6-10/h3-6H,7-8,13H2,1-2H3. The number of thioether (sulfide) groups is 1. The Morgan fingerprint density at radius 2 is 1.86 bits per heavy atom. The molecular formula is C11H16BrNS. The SMILES string of the molecule is CC(C)(CCN)Sc1ccc(Br)cc1. The van der Waals surface area contributed by atoms with E-state index >= 15 is 0 Å². The van der Waals surface area contributed by atoms with Crippen LogP contribution in [0.5, 0.6) is 0 Å². The second-order valence-electron chi connectivity index (χ2n) is 3.85. The Morgan fingerprint density at radius 1 is 1.29 bits per heavy atom. The van der Waals surface area contributed by atoms with Crippen LogP contribution in [0.1, 0.15) is 20.3 Å². The van der Waals surface area contributed by atoms with E-state index in [9.17, 15) is 0 Å². The summed E-state index contributed by atoms with van der Waals surface area (Å²) in [4.78, 5) is 1.30. The number of halogens is 1. The van der Waals surface area contributed by atoms with E-state index in [0.717, 1.165) is 17.4 Å². The highest BCUT2D eigenvalue weighted by atomic mass is 79.9. The number of nitrogens with two attached hydrogens (primary N) is 1. The van der Waals surface area contributed by atoms with Crippen LogP contribution in [0.3, 0.4) is 0 Å². The fourth-order valence-electron chi connectivity index (χ4n) is 1.22. The minimum absolute atomic E-state index is 0.225.